The molecule has 0 bridgehead atoms. The molecule has 0 saturated carbocycles. The van der Waals surface area contributed by atoms with Gasteiger partial charge in [-0.3, -0.25) is 0 Å². The number of benzene rings is 3. The van der Waals surface area contributed by atoms with Crippen molar-refractivity contribution in [3.05, 3.63) is 91.0 Å². The van der Waals surface area contributed by atoms with E-state index in [4.69, 9.17) is 3.67 Å². The normalized spacial score (nSPS) is 9.71. The molecule has 0 fully saturated rings. The fourth-order valence-electron chi connectivity index (χ4n) is 2.31. The molecular formula is C18H15OSiV. The van der Waals surface area contributed by atoms with E-state index in [1.807, 2.05) is 0 Å². The van der Waals surface area contributed by atoms with Crippen molar-refractivity contribution in [3.63, 3.8) is 0 Å². The second kappa shape index (κ2) is 8.53. The molecule has 3 aromatic carbocycles. The van der Waals surface area contributed by atoms with E-state index in [9.17, 15) is 0 Å². The third-order valence-corrected chi connectivity index (χ3v) is 5.92. The SMILES string of the molecule is [O]=[V].c1ccc([Si](c2ccccc2)c2ccccc2)cc1. The molecule has 3 rings (SSSR count). The standard InChI is InChI=1S/C18H15Si.O.V/c1-4-10-16(11-5-1)19(17-12-6-2-7-13-17)18-14-8-3-9-15-18;;/h1-15H;;. The van der Waals surface area contributed by atoms with Crippen LogP contribution < -0.4 is 15.6 Å². The van der Waals surface area contributed by atoms with Crippen molar-refractivity contribution in [1.82, 2.24) is 0 Å². The summed E-state index contributed by atoms with van der Waals surface area (Å²) in [5, 5.41) is 4.31. The second-order valence-corrected chi connectivity index (χ2v) is 6.96. The van der Waals surface area contributed by atoms with Gasteiger partial charge in [0.2, 0.25) is 0 Å². The minimum Gasteiger partial charge on any atom is -0.0624 e. The van der Waals surface area contributed by atoms with E-state index >= 15 is 0 Å². The molecule has 0 aliphatic heterocycles. The maximum atomic E-state index is 8.19. The molecule has 3 heteroatoms. The zero-order chi connectivity index (χ0) is 14.9. The molecule has 102 valence electrons. The summed E-state index contributed by atoms with van der Waals surface area (Å²) in [5.41, 5.74) is 0. The summed E-state index contributed by atoms with van der Waals surface area (Å²) in [6.45, 7) is 0. The zero-order valence-electron chi connectivity index (χ0n) is 11.5. The van der Waals surface area contributed by atoms with E-state index in [1.54, 1.807) is 0 Å². The molecule has 0 spiro atoms. The van der Waals surface area contributed by atoms with Crippen LogP contribution in [0.1, 0.15) is 0 Å². The van der Waals surface area contributed by atoms with E-state index in [0.29, 0.717) is 0 Å². The van der Waals surface area contributed by atoms with Crippen LogP contribution in [-0.2, 0) is 21.0 Å². The van der Waals surface area contributed by atoms with Crippen LogP contribution in [0.4, 0.5) is 0 Å². The van der Waals surface area contributed by atoms with Crippen LogP contribution >= 0.6 is 0 Å². The van der Waals surface area contributed by atoms with Gasteiger partial charge in [-0.2, -0.15) is 0 Å². The molecule has 0 aliphatic carbocycles. The molecule has 0 saturated heterocycles. The van der Waals surface area contributed by atoms with E-state index < -0.39 is 8.80 Å². The largest absolute Gasteiger partial charge is 0.154 e. The quantitative estimate of drug-likeness (QED) is 0.532. The summed E-state index contributed by atoms with van der Waals surface area (Å²) < 4.78 is 8.19. The summed E-state index contributed by atoms with van der Waals surface area (Å²) in [4.78, 5) is 0. The maximum Gasteiger partial charge on any atom is 0.154 e. The van der Waals surface area contributed by atoms with Crippen LogP contribution in [0.5, 0.6) is 0 Å². The van der Waals surface area contributed by atoms with E-state index in [1.165, 1.54) is 15.6 Å². The predicted molar refractivity (Wildman–Crippen MR) is 84.7 cm³/mol. The molecule has 0 aromatic heterocycles. The summed E-state index contributed by atoms with van der Waals surface area (Å²) in [6, 6.07) is 32.5. The smallest absolute Gasteiger partial charge is 0.0624 e. The van der Waals surface area contributed by atoms with Gasteiger partial charge in [0.25, 0.3) is 0 Å². The molecule has 0 atom stereocenters. The predicted octanol–water partition coefficient (Wildman–Crippen LogP) is 2.08. The number of hydrogen-bond acceptors (Lipinski definition) is 1. The van der Waals surface area contributed by atoms with Crippen molar-refractivity contribution >= 4 is 24.4 Å². The third-order valence-electron chi connectivity index (χ3n) is 3.19. The molecule has 1 radical (unpaired) electrons. The van der Waals surface area contributed by atoms with Gasteiger partial charge in [-0.25, -0.2) is 0 Å². The summed E-state index contributed by atoms with van der Waals surface area (Å²) in [5.74, 6) is 0. The Bertz CT molecular complexity index is 550. The molecule has 0 aliphatic rings. The Morgan fingerprint density at radius 1 is 0.476 bits per heavy atom. The monoisotopic (exact) mass is 326 g/mol. The Labute approximate surface area is 136 Å². The van der Waals surface area contributed by atoms with Crippen molar-refractivity contribution in [2.24, 2.45) is 0 Å². The van der Waals surface area contributed by atoms with Gasteiger partial charge in [0.1, 0.15) is 0 Å². The van der Waals surface area contributed by atoms with Gasteiger partial charge >= 0.3 is 21.0 Å². The summed E-state index contributed by atoms with van der Waals surface area (Å²) in [7, 11) is -0.877. The third kappa shape index (κ3) is 4.11. The van der Waals surface area contributed by atoms with Crippen LogP contribution in [-0.4, -0.2) is 8.80 Å². The van der Waals surface area contributed by atoms with Gasteiger partial charge in [-0.1, -0.05) is 107 Å². The van der Waals surface area contributed by atoms with Crippen molar-refractivity contribution < 1.29 is 21.0 Å². The fourth-order valence-corrected chi connectivity index (χ4v) is 4.89. The van der Waals surface area contributed by atoms with Crippen LogP contribution in [0.15, 0.2) is 91.0 Å². The molecule has 0 amide bonds. The average molecular weight is 326 g/mol. The molecular weight excluding hydrogens is 311 g/mol. The Morgan fingerprint density at radius 2 is 0.714 bits per heavy atom. The van der Waals surface area contributed by atoms with Crippen molar-refractivity contribution in [2.45, 2.75) is 0 Å². The minimum absolute atomic E-state index is 0.877. The van der Waals surface area contributed by atoms with Gasteiger partial charge in [-0.05, 0) is 0 Å². The van der Waals surface area contributed by atoms with E-state index in [-0.39, 0.29) is 0 Å². The van der Waals surface area contributed by atoms with Gasteiger partial charge in [-0.15, -0.1) is 0 Å². The molecule has 0 N–H and O–H groups in total. The van der Waals surface area contributed by atoms with Gasteiger partial charge in [0, 0.05) is 0 Å². The number of hydrogen-bond donors (Lipinski definition) is 0. The molecule has 21 heavy (non-hydrogen) atoms. The van der Waals surface area contributed by atoms with Gasteiger partial charge < -0.3 is 0 Å². The Balaban J connectivity index is 0.000000774. The zero-order valence-corrected chi connectivity index (χ0v) is 13.9. The van der Waals surface area contributed by atoms with Gasteiger partial charge in [0.15, 0.2) is 8.80 Å². The van der Waals surface area contributed by atoms with Crippen LogP contribution in [0.2, 0.25) is 0 Å². The average Bonchev–Trinajstić information content (AvgIpc) is 2.60. The van der Waals surface area contributed by atoms with Crippen LogP contribution in [0.25, 0.3) is 0 Å². The molecule has 1 nitrogen and oxygen atoms in total. The Morgan fingerprint density at radius 3 is 0.952 bits per heavy atom. The first-order valence-corrected chi connectivity index (χ1v) is 8.73. The molecule has 3 aromatic rings. The Kier molecular flexibility index (Phi) is 6.35. The first kappa shape index (κ1) is 15.6. The van der Waals surface area contributed by atoms with Crippen molar-refractivity contribution in [3.8, 4) is 0 Å². The first-order valence-electron chi connectivity index (χ1n) is 6.66. The van der Waals surface area contributed by atoms with Crippen molar-refractivity contribution in [1.29, 1.82) is 0 Å². The maximum absolute atomic E-state index is 8.19. The summed E-state index contributed by atoms with van der Waals surface area (Å²) >= 11 is 1.06. The fraction of sp³-hybridized carbons (Fsp3) is 0. The first-order chi connectivity index (χ1) is 10.4. The van der Waals surface area contributed by atoms with E-state index in [2.05, 4.69) is 91.0 Å². The second-order valence-electron chi connectivity index (χ2n) is 4.47. The molecule has 0 unspecified atom stereocenters. The minimum atomic E-state index is -0.877. The number of rotatable bonds is 3. The Hall–Kier alpha value is -1.74. The summed E-state index contributed by atoms with van der Waals surface area (Å²) in [6.07, 6.45) is 0. The van der Waals surface area contributed by atoms with Crippen molar-refractivity contribution in [2.75, 3.05) is 0 Å². The topological polar surface area (TPSA) is 17.1 Å². The van der Waals surface area contributed by atoms with E-state index in [0.717, 1.165) is 17.4 Å². The van der Waals surface area contributed by atoms with Gasteiger partial charge in [0.05, 0.1) is 0 Å². The van der Waals surface area contributed by atoms with Crippen LogP contribution in [0.3, 0.4) is 0 Å². The van der Waals surface area contributed by atoms with Crippen LogP contribution in [0, 0.1) is 0 Å². The molecule has 0 heterocycles.